The molecule has 0 aromatic rings. The van der Waals surface area contributed by atoms with Crippen LogP contribution >= 0.6 is 0 Å². The number of hydrogen-bond acceptors (Lipinski definition) is 4. The van der Waals surface area contributed by atoms with Crippen LogP contribution in [0.1, 0.15) is 13.3 Å². The van der Waals surface area contributed by atoms with E-state index in [1.54, 1.807) is 0 Å². The number of rotatable bonds is 1. The van der Waals surface area contributed by atoms with E-state index in [1.165, 1.54) is 0 Å². The Hall–Kier alpha value is -0.130. The number of hydrogen-bond donors (Lipinski definition) is 0. The van der Waals surface area contributed by atoms with Crippen molar-refractivity contribution < 1.29 is 17.9 Å². The molecule has 0 N–H and O–H groups in total. The molecule has 0 saturated carbocycles. The van der Waals surface area contributed by atoms with Crippen LogP contribution in [0.15, 0.2) is 0 Å². The van der Waals surface area contributed by atoms with Gasteiger partial charge in [-0.15, -0.1) is 0 Å². The van der Waals surface area contributed by atoms with E-state index in [0.717, 1.165) is 6.42 Å². The number of sulfone groups is 1. The lowest BCUT2D eigenvalue weighted by atomic mass is 10.3. The second-order valence-electron chi connectivity index (χ2n) is 3.26. The maximum Gasteiger partial charge on any atom is 0.158 e. The maximum absolute atomic E-state index is 11.1. The van der Waals surface area contributed by atoms with E-state index in [0.29, 0.717) is 0 Å². The lowest BCUT2D eigenvalue weighted by Gasteiger charge is -2.07. The summed E-state index contributed by atoms with van der Waals surface area (Å²) in [6.07, 6.45) is 0.183. The molecule has 0 bridgehead atoms. The molecule has 2 heterocycles. The third-order valence-corrected chi connectivity index (χ3v) is 3.91. The van der Waals surface area contributed by atoms with Gasteiger partial charge in [-0.25, -0.2) is 8.42 Å². The molecule has 12 heavy (non-hydrogen) atoms. The van der Waals surface area contributed by atoms with E-state index >= 15 is 0 Å². The first kappa shape index (κ1) is 8.47. The second-order valence-corrected chi connectivity index (χ2v) is 5.42. The summed E-state index contributed by atoms with van der Waals surface area (Å²) in [6, 6.07) is 0. The zero-order valence-electron chi connectivity index (χ0n) is 6.89. The van der Waals surface area contributed by atoms with E-state index < -0.39 is 9.84 Å². The van der Waals surface area contributed by atoms with Gasteiger partial charge in [0.15, 0.2) is 16.1 Å². The van der Waals surface area contributed by atoms with Crippen LogP contribution in [0.3, 0.4) is 0 Å². The summed E-state index contributed by atoms with van der Waals surface area (Å²) >= 11 is 0. The Morgan fingerprint density at radius 2 is 1.75 bits per heavy atom. The highest BCUT2D eigenvalue weighted by atomic mass is 32.2. The summed E-state index contributed by atoms with van der Waals surface area (Å²) in [6.45, 7) is 1.96. The van der Waals surface area contributed by atoms with Crippen molar-refractivity contribution in [1.29, 1.82) is 0 Å². The van der Waals surface area contributed by atoms with Crippen molar-refractivity contribution in [2.75, 3.05) is 11.5 Å². The summed E-state index contributed by atoms with van der Waals surface area (Å²) in [5.74, 6) is 0.266. The highest BCUT2D eigenvalue weighted by molar-refractivity contribution is 7.91. The third-order valence-electron chi connectivity index (χ3n) is 2.24. The van der Waals surface area contributed by atoms with Gasteiger partial charge in [-0.2, -0.15) is 0 Å². The lowest BCUT2D eigenvalue weighted by molar-refractivity contribution is -0.0641. The Balaban J connectivity index is 2.07. The van der Waals surface area contributed by atoms with Crippen molar-refractivity contribution in [2.45, 2.75) is 31.8 Å². The maximum atomic E-state index is 11.1. The summed E-state index contributed by atoms with van der Waals surface area (Å²) in [7, 11) is -2.89. The molecule has 2 aliphatic heterocycles. The molecule has 0 aromatic carbocycles. The Bertz CT molecular complexity index is 251. The van der Waals surface area contributed by atoms with Gasteiger partial charge in [-0.1, -0.05) is 6.92 Å². The van der Waals surface area contributed by atoms with Crippen LogP contribution in [-0.4, -0.2) is 38.4 Å². The standard InChI is InChI=1S/C7H12O4S/c1-2-7-10-5-3-12(8,9)4-6(5)11-7/h5-7H,2-4H2,1H3/t5-,6-/m1/s1. The Morgan fingerprint density at radius 3 is 2.17 bits per heavy atom. The summed E-state index contributed by atoms with van der Waals surface area (Å²) in [5, 5.41) is 0. The highest BCUT2D eigenvalue weighted by Gasteiger charge is 2.45. The first-order valence-electron chi connectivity index (χ1n) is 4.12. The zero-order valence-corrected chi connectivity index (χ0v) is 7.71. The van der Waals surface area contributed by atoms with Crippen LogP contribution in [0, 0.1) is 0 Å². The molecule has 0 unspecified atom stereocenters. The molecule has 2 aliphatic rings. The van der Waals surface area contributed by atoms with Crippen LogP contribution in [-0.2, 0) is 19.3 Å². The van der Waals surface area contributed by atoms with Crippen molar-refractivity contribution in [3.8, 4) is 0 Å². The normalized spacial score (nSPS) is 40.1. The molecule has 0 radical (unpaired) electrons. The van der Waals surface area contributed by atoms with Crippen molar-refractivity contribution in [1.82, 2.24) is 0 Å². The van der Waals surface area contributed by atoms with Gasteiger partial charge in [-0.05, 0) is 6.42 Å². The largest absolute Gasteiger partial charge is 0.346 e. The van der Waals surface area contributed by atoms with E-state index in [2.05, 4.69) is 0 Å². The van der Waals surface area contributed by atoms with Crippen LogP contribution in [0.2, 0.25) is 0 Å². The van der Waals surface area contributed by atoms with Crippen molar-refractivity contribution >= 4 is 9.84 Å². The first-order chi connectivity index (χ1) is 5.61. The zero-order chi connectivity index (χ0) is 8.77. The fourth-order valence-corrected chi connectivity index (χ4v) is 3.38. The predicted octanol–water partition coefficient (Wildman–Crippen LogP) is -0.0651. The summed E-state index contributed by atoms with van der Waals surface area (Å²) < 4.78 is 32.9. The Morgan fingerprint density at radius 1 is 1.25 bits per heavy atom. The molecule has 70 valence electrons. The fourth-order valence-electron chi connectivity index (χ4n) is 1.65. The predicted molar refractivity (Wildman–Crippen MR) is 42.5 cm³/mol. The quantitative estimate of drug-likeness (QED) is 0.584. The minimum atomic E-state index is -2.89. The van der Waals surface area contributed by atoms with Gasteiger partial charge in [0.05, 0.1) is 11.5 Å². The molecular formula is C7H12O4S. The fraction of sp³-hybridized carbons (Fsp3) is 1.00. The van der Waals surface area contributed by atoms with Crippen LogP contribution in [0.5, 0.6) is 0 Å². The molecule has 0 amide bonds. The molecule has 2 atom stereocenters. The van der Waals surface area contributed by atoms with Crippen LogP contribution in [0.25, 0.3) is 0 Å². The molecule has 0 aromatic heterocycles. The van der Waals surface area contributed by atoms with Gasteiger partial charge in [-0.3, -0.25) is 0 Å². The van der Waals surface area contributed by atoms with E-state index in [1.807, 2.05) is 6.92 Å². The van der Waals surface area contributed by atoms with E-state index in [-0.39, 0.29) is 30.0 Å². The smallest absolute Gasteiger partial charge is 0.158 e. The lowest BCUT2D eigenvalue weighted by Crippen LogP contribution is -2.18. The molecule has 2 fully saturated rings. The van der Waals surface area contributed by atoms with Gasteiger partial charge in [0.25, 0.3) is 0 Å². The molecule has 4 nitrogen and oxygen atoms in total. The third kappa shape index (κ3) is 1.36. The highest BCUT2D eigenvalue weighted by Crippen LogP contribution is 2.28. The monoisotopic (exact) mass is 192 g/mol. The van der Waals surface area contributed by atoms with Crippen molar-refractivity contribution in [3.05, 3.63) is 0 Å². The number of ether oxygens (including phenoxy) is 2. The Labute approximate surface area is 71.8 Å². The van der Waals surface area contributed by atoms with Crippen molar-refractivity contribution in [3.63, 3.8) is 0 Å². The molecular weight excluding hydrogens is 180 g/mol. The molecule has 0 aliphatic carbocycles. The molecule has 5 heteroatoms. The average molecular weight is 192 g/mol. The van der Waals surface area contributed by atoms with Crippen molar-refractivity contribution in [2.24, 2.45) is 0 Å². The van der Waals surface area contributed by atoms with Gasteiger partial charge >= 0.3 is 0 Å². The van der Waals surface area contributed by atoms with Gasteiger partial charge in [0.1, 0.15) is 12.2 Å². The second kappa shape index (κ2) is 2.68. The average Bonchev–Trinajstić information content (AvgIpc) is 2.40. The molecule has 2 rings (SSSR count). The Kier molecular flexibility index (Phi) is 1.89. The SMILES string of the molecule is CCC1O[C@@H]2CS(=O)(=O)C[C@H]2O1. The van der Waals surface area contributed by atoms with E-state index in [4.69, 9.17) is 9.47 Å². The van der Waals surface area contributed by atoms with E-state index in [9.17, 15) is 8.42 Å². The van der Waals surface area contributed by atoms with Crippen LogP contribution < -0.4 is 0 Å². The van der Waals surface area contributed by atoms with Gasteiger partial charge in [0.2, 0.25) is 0 Å². The van der Waals surface area contributed by atoms with Gasteiger partial charge in [0, 0.05) is 0 Å². The summed E-state index contributed by atoms with van der Waals surface area (Å²) in [5.41, 5.74) is 0. The molecule has 0 spiro atoms. The summed E-state index contributed by atoms with van der Waals surface area (Å²) in [4.78, 5) is 0. The molecule has 2 saturated heterocycles. The first-order valence-corrected chi connectivity index (χ1v) is 5.94. The number of fused-ring (bicyclic) bond motifs is 1. The topological polar surface area (TPSA) is 52.6 Å². The van der Waals surface area contributed by atoms with Gasteiger partial charge < -0.3 is 9.47 Å². The minimum Gasteiger partial charge on any atom is -0.346 e. The minimum absolute atomic E-state index is 0.133. The van der Waals surface area contributed by atoms with Crippen LogP contribution in [0.4, 0.5) is 0 Å².